The maximum atomic E-state index is 13.1. The Hall–Kier alpha value is -2.89. The van der Waals surface area contributed by atoms with E-state index < -0.39 is 5.76 Å². The summed E-state index contributed by atoms with van der Waals surface area (Å²) in [5.74, 6) is -1.09. The van der Waals surface area contributed by atoms with E-state index in [1.54, 1.807) is 31.2 Å². The quantitative estimate of drug-likeness (QED) is 0.805. The van der Waals surface area contributed by atoms with Crippen LogP contribution in [-0.2, 0) is 11.3 Å². The zero-order valence-electron chi connectivity index (χ0n) is 12.5. The number of amides is 1. The van der Waals surface area contributed by atoms with Crippen molar-refractivity contribution < 1.29 is 13.6 Å². The summed E-state index contributed by atoms with van der Waals surface area (Å²) in [6, 6.07) is 11.2. The molecule has 1 heterocycles. The molecule has 118 valence electrons. The van der Waals surface area contributed by atoms with Gasteiger partial charge in [-0.15, -0.1) is 0 Å². The summed E-state index contributed by atoms with van der Waals surface area (Å²) >= 11 is 0. The number of aryl methyl sites for hydroxylation is 2. The molecule has 3 aromatic rings. The molecule has 0 atom stereocenters. The zero-order valence-corrected chi connectivity index (χ0v) is 12.5. The van der Waals surface area contributed by atoms with Gasteiger partial charge in [0, 0.05) is 18.7 Å². The molecule has 0 aliphatic rings. The Morgan fingerprint density at radius 2 is 2.04 bits per heavy atom. The van der Waals surface area contributed by atoms with Crippen LogP contribution in [0.5, 0.6) is 0 Å². The van der Waals surface area contributed by atoms with Gasteiger partial charge in [0.15, 0.2) is 5.58 Å². The summed E-state index contributed by atoms with van der Waals surface area (Å²) in [5.41, 5.74) is 2.35. The SMILES string of the molecule is Cc1cc(F)ccc1NC(=O)CCn1c(=O)oc2ccccc21. The number of hydrogen-bond donors (Lipinski definition) is 1. The number of para-hydroxylation sites is 2. The van der Waals surface area contributed by atoms with E-state index in [-0.39, 0.29) is 24.7 Å². The van der Waals surface area contributed by atoms with Gasteiger partial charge in [0.2, 0.25) is 5.91 Å². The van der Waals surface area contributed by atoms with E-state index in [1.807, 2.05) is 0 Å². The molecule has 23 heavy (non-hydrogen) atoms. The van der Waals surface area contributed by atoms with E-state index in [0.29, 0.717) is 22.4 Å². The minimum absolute atomic E-state index is 0.111. The van der Waals surface area contributed by atoms with Crippen LogP contribution in [0.25, 0.3) is 11.1 Å². The van der Waals surface area contributed by atoms with E-state index in [9.17, 15) is 14.0 Å². The number of anilines is 1. The minimum Gasteiger partial charge on any atom is -0.408 e. The fraction of sp³-hybridized carbons (Fsp3) is 0.176. The van der Waals surface area contributed by atoms with Crippen LogP contribution < -0.4 is 11.1 Å². The molecular weight excluding hydrogens is 299 g/mol. The second-order valence-electron chi connectivity index (χ2n) is 5.24. The fourth-order valence-electron chi connectivity index (χ4n) is 2.42. The molecule has 6 heteroatoms. The second kappa shape index (κ2) is 6.08. The van der Waals surface area contributed by atoms with Crippen molar-refractivity contribution in [2.24, 2.45) is 0 Å². The highest BCUT2D eigenvalue weighted by Crippen LogP contribution is 2.16. The molecule has 0 saturated heterocycles. The molecule has 1 N–H and O–H groups in total. The summed E-state index contributed by atoms with van der Waals surface area (Å²) in [6.45, 7) is 1.93. The van der Waals surface area contributed by atoms with E-state index in [4.69, 9.17) is 4.42 Å². The first kappa shape index (κ1) is 15.0. The number of nitrogens with zero attached hydrogens (tertiary/aromatic N) is 1. The van der Waals surface area contributed by atoms with Crippen LogP contribution in [0.2, 0.25) is 0 Å². The molecular formula is C17H15FN2O3. The molecule has 0 aliphatic carbocycles. The number of hydrogen-bond acceptors (Lipinski definition) is 3. The van der Waals surface area contributed by atoms with E-state index in [2.05, 4.69) is 5.32 Å². The lowest BCUT2D eigenvalue weighted by atomic mass is 10.2. The van der Waals surface area contributed by atoms with Gasteiger partial charge in [0.05, 0.1) is 5.52 Å². The largest absolute Gasteiger partial charge is 0.419 e. The number of benzene rings is 2. The topological polar surface area (TPSA) is 64.2 Å². The molecule has 0 bridgehead atoms. The third-order valence-corrected chi connectivity index (χ3v) is 3.60. The van der Waals surface area contributed by atoms with Gasteiger partial charge in [-0.2, -0.15) is 0 Å². The van der Waals surface area contributed by atoms with Crippen LogP contribution in [0.15, 0.2) is 51.7 Å². The van der Waals surface area contributed by atoms with Crippen LogP contribution in [-0.4, -0.2) is 10.5 Å². The average molecular weight is 314 g/mol. The van der Waals surface area contributed by atoms with Crippen molar-refractivity contribution in [1.29, 1.82) is 0 Å². The van der Waals surface area contributed by atoms with Crippen molar-refractivity contribution in [3.05, 3.63) is 64.4 Å². The van der Waals surface area contributed by atoms with Gasteiger partial charge < -0.3 is 9.73 Å². The molecule has 0 fully saturated rings. The molecule has 5 nitrogen and oxygen atoms in total. The van der Waals surface area contributed by atoms with Gasteiger partial charge >= 0.3 is 5.76 Å². The molecule has 1 amide bonds. The van der Waals surface area contributed by atoms with Crippen molar-refractivity contribution in [3.63, 3.8) is 0 Å². The summed E-state index contributed by atoms with van der Waals surface area (Å²) in [4.78, 5) is 23.9. The summed E-state index contributed by atoms with van der Waals surface area (Å²) in [5, 5.41) is 2.72. The number of nitrogens with one attached hydrogen (secondary N) is 1. The highest BCUT2D eigenvalue weighted by Gasteiger charge is 2.11. The van der Waals surface area contributed by atoms with Crippen molar-refractivity contribution in [3.8, 4) is 0 Å². The number of rotatable bonds is 4. The van der Waals surface area contributed by atoms with Crippen molar-refractivity contribution in [2.75, 3.05) is 5.32 Å². The van der Waals surface area contributed by atoms with Crippen molar-refractivity contribution in [1.82, 2.24) is 4.57 Å². The Morgan fingerprint density at radius 1 is 1.26 bits per heavy atom. The molecule has 0 aliphatic heterocycles. The third kappa shape index (κ3) is 3.15. The molecule has 0 spiro atoms. The lowest BCUT2D eigenvalue weighted by Crippen LogP contribution is -2.20. The highest BCUT2D eigenvalue weighted by molar-refractivity contribution is 5.91. The number of halogens is 1. The first-order chi connectivity index (χ1) is 11.0. The monoisotopic (exact) mass is 314 g/mol. The first-order valence-corrected chi connectivity index (χ1v) is 7.19. The Morgan fingerprint density at radius 3 is 2.83 bits per heavy atom. The first-order valence-electron chi connectivity index (χ1n) is 7.19. The van der Waals surface area contributed by atoms with Crippen LogP contribution in [0, 0.1) is 12.7 Å². The Bertz CT molecular complexity index is 927. The smallest absolute Gasteiger partial charge is 0.408 e. The number of fused-ring (bicyclic) bond motifs is 1. The Balaban J connectivity index is 1.71. The third-order valence-electron chi connectivity index (χ3n) is 3.60. The van der Waals surface area contributed by atoms with E-state index in [0.717, 1.165) is 0 Å². The molecule has 1 aromatic heterocycles. The molecule has 0 radical (unpaired) electrons. The minimum atomic E-state index is -0.489. The molecule has 0 unspecified atom stereocenters. The van der Waals surface area contributed by atoms with Crippen LogP contribution in [0.4, 0.5) is 10.1 Å². The predicted octanol–water partition coefficient (Wildman–Crippen LogP) is 3.07. The molecule has 0 saturated carbocycles. The van der Waals surface area contributed by atoms with E-state index >= 15 is 0 Å². The van der Waals surface area contributed by atoms with Gasteiger partial charge in [-0.25, -0.2) is 9.18 Å². The normalized spacial score (nSPS) is 10.9. The van der Waals surface area contributed by atoms with E-state index in [1.165, 1.54) is 22.8 Å². The lowest BCUT2D eigenvalue weighted by Gasteiger charge is -2.08. The van der Waals surface area contributed by atoms with Crippen LogP contribution in [0.3, 0.4) is 0 Å². The van der Waals surface area contributed by atoms with Gasteiger partial charge in [0.25, 0.3) is 0 Å². The van der Waals surface area contributed by atoms with Gasteiger partial charge in [-0.05, 0) is 42.8 Å². The number of aromatic nitrogens is 1. The average Bonchev–Trinajstić information content (AvgIpc) is 2.83. The van der Waals surface area contributed by atoms with Crippen molar-refractivity contribution >= 4 is 22.7 Å². The van der Waals surface area contributed by atoms with Gasteiger partial charge in [0.1, 0.15) is 5.82 Å². The standard InChI is InChI=1S/C17H15FN2O3/c1-11-10-12(18)6-7-13(11)19-16(21)8-9-20-14-4-2-3-5-15(14)23-17(20)22/h2-7,10H,8-9H2,1H3,(H,19,21). The maximum absolute atomic E-state index is 13.1. The second-order valence-corrected chi connectivity index (χ2v) is 5.24. The van der Waals surface area contributed by atoms with Crippen molar-refractivity contribution in [2.45, 2.75) is 19.9 Å². The zero-order chi connectivity index (χ0) is 16.4. The van der Waals surface area contributed by atoms with Crippen LogP contribution >= 0.6 is 0 Å². The number of carbonyl (C=O) groups excluding carboxylic acids is 1. The van der Waals surface area contributed by atoms with Gasteiger partial charge in [-0.1, -0.05) is 12.1 Å². The lowest BCUT2D eigenvalue weighted by molar-refractivity contribution is -0.116. The Labute approximate surface area is 131 Å². The highest BCUT2D eigenvalue weighted by atomic mass is 19.1. The molecule has 2 aromatic carbocycles. The maximum Gasteiger partial charge on any atom is 0.419 e. The Kier molecular flexibility index (Phi) is 3.97. The number of oxazole rings is 1. The van der Waals surface area contributed by atoms with Crippen LogP contribution in [0.1, 0.15) is 12.0 Å². The summed E-state index contributed by atoms with van der Waals surface area (Å²) < 4.78 is 19.6. The predicted molar refractivity (Wildman–Crippen MR) is 84.9 cm³/mol. The summed E-state index contributed by atoms with van der Waals surface area (Å²) in [7, 11) is 0. The fourth-order valence-corrected chi connectivity index (χ4v) is 2.42. The number of carbonyl (C=O) groups is 1. The summed E-state index contributed by atoms with van der Waals surface area (Å²) in [6.07, 6.45) is 0.111. The molecule has 3 rings (SSSR count). The van der Waals surface area contributed by atoms with Gasteiger partial charge in [-0.3, -0.25) is 9.36 Å².